The lowest BCUT2D eigenvalue weighted by Crippen LogP contribution is -2.42. The average Bonchev–Trinajstić information content (AvgIpc) is 2.88. The van der Waals surface area contributed by atoms with E-state index in [2.05, 4.69) is 6.92 Å². The average molecular weight is 327 g/mol. The summed E-state index contributed by atoms with van der Waals surface area (Å²) in [5.74, 6) is 2.18. The van der Waals surface area contributed by atoms with E-state index < -0.39 is 5.91 Å². The first-order valence-electron chi connectivity index (χ1n) is 8.99. The molecule has 4 nitrogen and oxygen atoms in total. The standard InChI is InChI=1S/C20H25NO3/c1-20-8-7-12-13(16(20)5-6-18(20)22)4-3-11-9-15(19(21)23)17(24-2)10-14(11)12/h9-10,12-13,16H,3-8H2,1-2H3,(H2,21,23)/t12-,13+,16-,20-/m0/s1. The molecule has 1 aromatic rings. The van der Waals surface area contributed by atoms with Crippen LogP contribution in [0, 0.1) is 17.3 Å². The monoisotopic (exact) mass is 327 g/mol. The molecule has 3 aliphatic rings. The van der Waals surface area contributed by atoms with Crippen molar-refractivity contribution in [1.29, 1.82) is 0 Å². The van der Waals surface area contributed by atoms with E-state index in [1.165, 1.54) is 11.1 Å². The molecule has 1 aromatic carbocycles. The smallest absolute Gasteiger partial charge is 0.252 e. The van der Waals surface area contributed by atoms with Crippen LogP contribution >= 0.6 is 0 Å². The third-order valence-corrected chi connectivity index (χ3v) is 7.02. The van der Waals surface area contributed by atoms with Gasteiger partial charge in [-0.05, 0) is 73.1 Å². The minimum absolute atomic E-state index is 0.101. The summed E-state index contributed by atoms with van der Waals surface area (Å²) in [5.41, 5.74) is 8.43. The van der Waals surface area contributed by atoms with Crippen molar-refractivity contribution >= 4 is 11.7 Å². The van der Waals surface area contributed by atoms with E-state index in [0.29, 0.717) is 34.8 Å². The number of aryl methyl sites for hydroxylation is 1. The fourth-order valence-electron chi connectivity index (χ4n) is 5.73. The Balaban J connectivity index is 1.75. The summed E-state index contributed by atoms with van der Waals surface area (Å²) in [6.07, 6.45) is 5.90. The highest BCUT2D eigenvalue weighted by molar-refractivity contribution is 5.96. The number of carbonyl (C=O) groups excluding carboxylic acids is 2. The van der Waals surface area contributed by atoms with Crippen molar-refractivity contribution in [2.24, 2.45) is 23.0 Å². The number of primary amides is 1. The van der Waals surface area contributed by atoms with E-state index in [0.717, 1.165) is 38.5 Å². The van der Waals surface area contributed by atoms with Crippen LogP contribution in [0.1, 0.15) is 66.4 Å². The Morgan fingerprint density at radius 1 is 1.25 bits per heavy atom. The Bertz CT molecular complexity index is 726. The molecule has 0 aliphatic heterocycles. The predicted octanol–water partition coefficient (Wildman–Crippen LogP) is 3.22. The van der Waals surface area contributed by atoms with Crippen molar-refractivity contribution < 1.29 is 14.3 Å². The van der Waals surface area contributed by atoms with E-state index in [4.69, 9.17) is 10.5 Å². The predicted molar refractivity (Wildman–Crippen MR) is 91.1 cm³/mol. The van der Waals surface area contributed by atoms with Crippen LogP contribution in [0.2, 0.25) is 0 Å². The van der Waals surface area contributed by atoms with E-state index in [1.807, 2.05) is 12.1 Å². The van der Waals surface area contributed by atoms with E-state index >= 15 is 0 Å². The highest BCUT2D eigenvalue weighted by Gasteiger charge is 2.54. The Kier molecular flexibility index (Phi) is 3.48. The van der Waals surface area contributed by atoms with Gasteiger partial charge in [-0.1, -0.05) is 6.92 Å². The molecule has 0 unspecified atom stereocenters. The third-order valence-electron chi connectivity index (χ3n) is 7.02. The molecule has 0 spiro atoms. The van der Waals surface area contributed by atoms with E-state index in [-0.39, 0.29) is 5.41 Å². The number of nitrogens with two attached hydrogens (primary N) is 1. The highest BCUT2D eigenvalue weighted by Crippen LogP contribution is 2.59. The van der Waals surface area contributed by atoms with Crippen molar-refractivity contribution in [3.63, 3.8) is 0 Å². The Hall–Kier alpha value is -1.84. The van der Waals surface area contributed by atoms with Gasteiger partial charge in [-0.3, -0.25) is 9.59 Å². The van der Waals surface area contributed by atoms with Crippen molar-refractivity contribution in [2.75, 3.05) is 7.11 Å². The van der Waals surface area contributed by atoms with Crippen LogP contribution in [-0.2, 0) is 11.2 Å². The van der Waals surface area contributed by atoms with Gasteiger partial charge in [-0.15, -0.1) is 0 Å². The first kappa shape index (κ1) is 15.7. The quantitative estimate of drug-likeness (QED) is 0.906. The number of amides is 1. The maximum atomic E-state index is 12.4. The molecular weight excluding hydrogens is 302 g/mol. The number of hydrogen-bond donors (Lipinski definition) is 1. The number of benzene rings is 1. The van der Waals surface area contributed by atoms with Crippen LogP contribution < -0.4 is 10.5 Å². The maximum Gasteiger partial charge on any atom is 0.252 e. The van der Waals surface area contributed by atoms with Gasteiger partial charge in [0, 0.05) is 11.8 Å². The normalized spacial score (nSPS) is 34.2. The number of Topliss-reactive ketones (excluding diaryl/α,β-unsaturated/α-hetero) is 1. The van der Waals surface area contributed by atoms with Crippen LogP contribution in [0.25, 0.3) is 0 Å². The summed E-state index contributed by atoms with van der Waals surface area (Å²) < 4.78 is 5.42. The number of hydrogen-bond acceptors (Lipinski definition) is 3. The van der Waals surface area contributed by atoms with Gasteiger partial charge >= 0.3 is 0 Å². The number of fused-ring (bicyclic) bond motifs is 5. The summed E-state index contributed by atoms with van der Waals surface area (Å²) in [6.45, 7) is 2.19. The number of methoxy groups -OCH3 is 1. The van der Waals surface area contributed by atoms with Crippen LogP contribution in [-0.4, -0.2) is 18.8 Å². The minimum Gasteiger partial charge on any atom is -0.496 e. The summed E-state index contributed by atoms with van der Waals surface area (Å²) in [7, 11) is 1.59. The lowest BCUT2D eigenvalue weighted by atomic mass is 9.55. The van der Waals surface area contributed by atoms with Gasteiger partial charge in [0.2, 0.25) is 0 Å². The fourth-order valence-corrected chi connectivity index (χ4v) is 5.73. The molecular formula is C20H25NO3. The minimum atomic E-state index is -0.436. The van der Waals surface area contributed by atoms with Gasteiger partial charge in [0.1, 0.15) is 11.5 Å². The van der Waals surface area contributed by atoms with Crippen LogP contribution in [0.15, 0.2) is 12.1 Å². The molecule has 24 heavy (non-hydrogen) atoms. The van der Waals surface area contributed by atoms with Gasteiger partial charge < -0.3 is 10.5 Å². The molecule has 0 radical (unpaired) electrons. The molecule has 2 fully saturated rings. The van der Waals surface area contributed by atoms with Crippen molar-refractivity contribution in [3.8, 4) is 5.75 Å². The second-order valence-corrected chi connectivity index (χ2v) is 7.95. The van der Waals surface area contributed by atoms with Crippen molar-refractivity contribution in [2.45, 2.75) is 51.4 Å². The lowest BCUT2D eigenvalue weighted by molar-refractivity contribution is -0.129. The first-order valence-corrected chi connectivity index (χ1v) is 8.99. The molecule has 0 aromatic heterocycles. The molecule has 0 bridgehead atoms. The summed E-state index contributed by atoms with van der Waals surface area (Å²) in [5, 5.41) is 0. The third kappa shape index (κ3) is 2.04. The van der Waals surface area contributed by atoms with Crippen molar-refractivity contribution in [3.05, 3.63) is 28.8 Å². The fraction of sp³-hybridized carbons (Fsp3) is 0.600. The first-order chi connectivity index (χ1) is 11.5. The Labute approximate surface area is 142 Å². The second-order valence-electron chi connectivity index (χ2n) is 7.95. The highest BCUT2D eigenvalue weighted by atomic mass is 16.5. The largest absolute Gasteiger partial charge is 0.496 e. The molecule has 2 saturated carbocycles. The SMILES string of the molecule is COc1cc2c(cc1C(N)=O)CC[C@@H]1[C@@H]2CC[C@]2(C)C(=O)CC[C@@H]12. The van der Waals surface area contributed by atoms with Gasteiger partial charge in [0.05, 0.1) is 12.7 Å². The number of ether oxygens (including phenoxy) is 1. The molecule has 4 atom stereocenters. The van der Waals surface area contributed by atoms with Gasteiger partial charge in [-0.25, -0.2) is 0 Å². The number of carbonyl (C=O) groups is 2. The van der Waals surface area contributed by atoms with Gasteiger partial charge in [-0.2, -0.15) is 0 Å². The van der Waals surface area contributed by atoms with Crippen LogP contribution in [0.4, 0.5) is 0 Å². The summed E-state index contributed by atoms with van der Waals surface area (Å²) in [4.78, 5) is 24.1. The van der Waals surface area contributed by atoms with Gasteiger partial charge in [0.25, 0.3) is 5.91 Å². The zero-order chi connectivity index (χ0) is 17.1. The molecule has 1 amide bonds. The molecule has 128 valence electrons. The summed E-state index contributed by atoms with van der Waals surface area (Å²) in [6, 6.07) is 3.96. The van der Waals surface area contributed by atoms with Crippen LogP contribution in [0.3, 0.4) is 0 Å². The number of ketones is 1. The Morgan fingerprint density at radius 3 is 2.75 bits per heavy atom. The second kappa shape index (κ2) is 5.33. The van der Waals surface area contributed by atoms with Gasteiger partial charge in [0.15, 0.2) is 0 Å². The van der Waals surface area contributed by atoms with E-state index in [9.17, 15) is 9.59 Å². The molecule has 0 saturated heterocycles. The van der Waals surface area contributed by atoms with Crippen LogP contribution in [0.5, 0.6) is 5.75 Å². The molecule has 4 heteroatoms. The zero-order valence-corrected chi connectivity index (χ0v) is 14.4. The lowest BCUT2D eigenvalue weighted by Gasteiger charge is -2.48. The zero-order valence-electron chi connectivity index (χ0n) is 14.4. The molecule has 2 N–H and O–H groups in total. The summed E-state index contributed by atoms with van der Waals surface area (Å²) >= 11 is 0. The number of rotatable bonds is 2. The Morgan fingerprint density at radius 2 is 2.04 bits per heavy atom. The molecule has 3 aliphatic carbocycles. The van der Waals surface area contributed by atoms with Crippen molar-refractivity contribution in [1.82, 2.24) is 0 Å². The molecule has 4 rings (SSSR count). The topological polar surface area (TPSA) is 69.4 Å². The van der Waals surface area contributed by atoms with E-state index in [1.54, 1.807) is 7.11 Å². The maximum absolute atomic E-state index is 12.4. The molecule has 0 heterocycles.